The molecular weight excluding hydrogens is 449 g/mol. The number of nitrogens with zero attached hydrogens (tertiary/aromatic N) is 1. The van der Waals surface area contributed by atoms with Crippen molar-refractivity contribution in [2.24, 2.45) is 0 Å². The van der Waals surface area contributed by atoms with Crippen molar-refractivity contribution in [3.63, 3.8) is 0 Å². The van der Waals surface area contributed by atoms with Crippen LogP contribution in [-0.4, -0.2) is 37.6 Å². The number of anilines is 1. The molecule has 0 saturated heterocycles. The van der Waals surface area contributed by atoms with Crippen LogP contribution in [0.15, 0.2) is 76.2 Å². The van der Waals surface area contributed by atoms with Crippen LogP contribution >= 0.6 is 0 Å². The van der Waals surface area contributed by atoms with Crippen molar-refractivity contribution < 1.29 is 26.8 Å². The van der Waals surface area contributed by atoms with E-state index in [0.29, 0.717) is 17.9 Å². The van der Waals surface area contributed by atoms with E-state index in [9.17, 15) is 22.4 Å². The molecule has 2 aromatic carbocycles. The van der Waals surface area contributed by atoms with E-state index in [1.165, 1.54) is 49.6 Å². The van der Waals surface area contributed by atoms with E-state index in [1.807, 2.05) is 0 Å². The summed E-state index contributed by atoms with van der Waals surface area (Å²) in [6, 6.07) is 14.9. The molecule has 33 heavy (non-hydrogen) atoms. The Morgan fingerprint density at radius 3 is 2.33 bits per heavy atom. The average Bonchev–Trinajstić information content (AvgIpc) is 3.28. The van der Waals surface area contributed by atoms with E-state index in [1.54, 1.807) is 24.3 Å². The Morgan fingerprint density at radius 2 is 1.73 bits per heavy atom. The van der Waals surface area contributed by atoms with Gasteiger partial charge in [0, 0.05) is 19.2 Å². The maximum absolute atomic E-state index is 13.2. The Labute approximate surface area is 191 Å². The molecule has 0 aliphatic carbocycles. The summed E-state index contributed by atoms with van der Waals surface area (Å²) in [4.78, 5) is 23.7. The number of sulfonamides is 1. The molecule has 3 aromatic rings. The first-order valence-electron chi connectivity index (χ1n) is 10.2. The van der Waals surface area contributed by atoms with Gasteiger partial charge in [-0.25, -0.2) is 12.8 Å². The van der Waals surface area contributed by atoms with Gasteiger partial charge in [0.05, 0.1) is 24.2 Å². The van der Waals surface area contributed by atoms with Crippen molar-refractivity contribution >= 4 is 27.5 Å². The van der Waals surface area contributed by atoms with Gasteiger partial charge in [0.2, 0.25) is 21.8 Å². The molecule has 0 aliphatic rings. The number of hydrogen-bond donors (Lipinski definition) is 2. The minimum absolute atomic E-state index is 0.0257. The van der Waals surface area contributed by atoms with E-state index < -0.39 is 22.5 Å². The number of halogens is 1. The Hall–Kier alpha value is -3.50. The lowest BCUT2D eigenvalue weighted by atomic mass is 10.1. The first kappa shape index (κ1) is 24.1. The zero-order valence-corrected chi connectivity index (χ0v) is 18.8. The van der Waals surface area contributed by atoms with Gasteiger partial charge in [0.1, 0.15) is 11.6 Å². The monoisotopic (exact) mass is 473 g/mol. The molecule has 2 N–H and O–H groups in total. The molecule has 2 amide bonds. The van der Waals surface area contributed by atoms with Crippen LogP contribution in [0.2, 0.25) is 0 Å². The molecule has 0 aliphatic heterocycles. The predicted molar refractivity (Wildman–Crippen MR) is 120 cm³/mol. The van der Waals surface area contributed by atoms with Gasteiger partial charge in [-0.3, -0.25) is 9.59 Å². The third kappa shape index (κ3) is 6.99. The second kappa shape index (κ2) is 10.9. The summed E-state index contributed by atoms with van der Waals surface area (Å²) < 4.78 is 45.8. The van der Waals surface area contributed by atoms with Crippen LogP contribution in [-0.2, 0) is 32.6 Å². The van der Waals surface area contributed by atoms with Crippen molar-refractivity contribution in [3.05, 3.63) is 84.1 Å². The second-order valence-corrected chi connectivity index (χ2v) is 9.22. The highest BCUT2D eigenvalue weighted by Crippen LogP contribution is 2.20. The van der Waals surface area contributed by atoms with Crippen LogP contribution in [0.1, 0.15) is 18.2 Å². The molecule has 1 heterocycles. The SMILES string of the molecule is CC(=O)Nc1ccc(S(=O)(=O)N(CC(=O)NCCc2ccc(F)cc2)Cc2ccco2)cc1. The first-order chi connectivity index (χ1) is 15.7. The quantitative estimate of drug-likeness (QED) is 0.471. The Balaban J connectivity index is 1.69. The topological polar surface area (TPSA) is 109 Å². The van der Waals surface area contributed by atoms with Gasteiger partial charge in [-0.05, 0) is 60.5 Å². The third-order valence-electron chi connectivity index (χ3n) is 4.69. The molecular formula is C23H24FN3O5S. The molecule has 174 valence electrons. The third-order valence-corrected chi connectivity index (χ3v) is 6.50. The Morgan fingerprint density at radius 1 is 1.03 bits per heavy atom. The molecule has 0 spiro atoms. The number of carbonyl (C=O) groups is 2. The molecule has 0 bridgehead atoms. The molecule has 0 radical (unpaired) electrons. The fraction of sp³-hybridized carbons (Fsp3) is 0.217. The zero-order valence-electron chi connectivity index (χ0n) is 18.0. The fourth-order valence-corrected chi connectivity index (χ4v) is 4.44. The van der Waals surface area contributed by atoms with Crippen molar-refractivity contribution in [1.29, 1.82) is 0 Å². The molecule has 0 atom stereocenters. The molecule has 1 aromatic heterocycles. The highest BCUT2D eigenvalue weighted by atomic mass is 32.2. The van der Waals surface area contributed by atoms with Crippen molar-refractivity contribution in [2.75, 3.05) is 18.4 Å². The van der Waals surface area contributed by atoms with Gasteiger partial charge in [-0.15, -0.1) is 0 Å². The lowest BCUT2D eigenvalue weighted by Crippen LogP contribution is -2.40. The zero-order chi connectivity index (χ0) is 23.8. The van der Waals surface area contributed by atoms with Gasteiger partial charge in [-0.2, -0.15) is 4.31 Å². The van der Waals surface area contributed by atoms with E-state index in [-0.39, 0.29) is 29.7 Å². The van der Waals surface area contributed by atoms with Crippen LogP contribution < -0.4 is 10.6 Å². The van der Waals surface area contributed by atoms with Gasteiger partial charge >= 0.3 is 0 Å². The molecule has 10 heteroatoms. The van der Waals surface area contributed by atoms with E-state index in [0.717, 1.165) is 9.87 Å². The summed E-state index contributed by atoms with van der Waals surface area (Å²) in [5.41, 5.74) is 1.30. The number of rotatable bonds is 10. The maximum atomic E-state index is 13.2. The maximum Gasteiger partial charge on any atom is 0.243 e. The van der Waals surface area contributed by atoms with E-state index >= 15 is 0 Å². The largest absolute Gasteiger partial charge is 0.468 e. The minimum Gasteiger partial charge on any atom is -0.468 e. The van der Waals surface area contributed by atoms with E-state index in [4.69, 9.17) is 4.42 Å². The molecule has 0 saturated carbocycles. The van der Waals surface area contributed by atoms with Gasteiger partial charge in [0.25, 0.3) is 0 Å². The second-order valence-electron chi connectivity index (χ2n) is 7.28. The van der Waals surface area contributed by atoms with Gasteiger partial charge < -0.3 is 15.1 Å². The van der Waals surface area contributed by atoms with Crippen molar-refractivity contribution in [3.8, 4) is 0 Å². The standard InChI is InChI=1S/C23H24FN3O5S/c1-17(28)26-20-8-10-22(11-9-20)33(30,31)27(15-21-3-2-14-32-21)16-23(29)25-13-12-18-4-6-19(24)7-5-18/h2-11,14H,12-13,15-16H2,1H3,(H,25,29)(H,26,28). The van der Waals surface area contributed by atoms with Crippen molar-refractivity contribution in [2.45, 2.75) is 24.8 Å². The van der Waals surface area contributed by atoms with Crippen LogP contribution in [0.4, 0.5) is 10.1 Å². The Kier molecular flexibility index (Phi) is 7.96. The average molecular weight is 474 g/mol. The van der Waals surface area contributed by atoms with Gasteiger partial charge in [0.15, 0.2) is 0 Å². The summed E-state index contributed by atoms with van der Waals surface area (Å²) in [5, 5.41) is 5.27. The molecule has 3 rings (SSSR count). The summed E-state index contributed by atoms with van der Waals surface area (Å²) in [7, 11) is -4.04. The minimum atomic E-state index is -4.04. The highest BCUT2D eigenvalue weighted by Gasteiger charge is 2.27. The Bertz CT molecular complexity index is 1180. The van der Waals surface area contributed by atoms with Crippen LogP contribution in [0.25, 0.3) is 0 Å². The van der Waals surface area contributed by atoms with Crippen LogP contribution in [0.5, 0.6) is 0 Å². The number of benzene rings is 2. The van der Waals surface area contributed by atoms with Crippen molar-refractivity contribution in [1.82, 2.24) is 9.62 Å². The summed E-state index contributed by atoms with van der Waals surface area (Å²) in [6.07, 6.45) is 1.90. The highest BCUT2D eigenvalue weighted by molar-refractivity contribution is 7.89. The lowest BCUT2D eigenvalue weighted by Gasteiger charge is -2.21. The van der Waals surface area contributed by atoms with E-state index in [2.05, 4.69) is 10.6 Å². The summed E-state index contributed by atoms with van der Waals surface area (Å²) >= 11 is 0. The molecule has 0 fully saturated rings. The van der Waals surface area contributed by atoms with Gasteiger partial charge in [-0.1, -0.05) is 12.1 Å². The number of furan rings is 1. The number of amides is 2. The molecule has 0 unspecified atom stereocenters. The normalized spacial score (nSPS) is 11.4. The smallest absolute Gasteiger partial charge is 0.243 e. The van der Waals surface area contributed by atoms with Crippen LogP contribution in [0.3, 0.4) is 0 Å². The summed E-state index contributed by atoms with van der Waals surface area (Å²) in [5.74, 6) is -0.719. The molecule has 8 nitrogen and oxygen atoms in total. The summed E-state index contributed by atoms with van der Waals surface area (Å²) in [6.45, 7) is 1.07. The number of hydrogen-bond acceptors (Lipinski definition) is 5. The lowest BCUT2D eigenvalue weighted by molar-refractivity contribution is -0.121. The number of carbonyl (C=O) groups excluding carboxylic acids is 2. The predicted octanol–water partition coefficient (Wildman–Crippen LogP) is 2.93. The number of nitrogens with one attached hydrogen (secondary N) is 2. The van der Waals surface area contributed by atoms with Crippen LogP contribution in [0, 0.1) is 5.82 Å². The fourth-order valence-electron chi connectivity index (χ4n) is 3.08. The first-order valence-corrected chi connectivity index (χ1v) is 11.6.